The zero-order valence-corrected chi connectivity index (χ0v) is 9.91. The van der Waals surface area contributed by atoms with Gasteiger partial charge in [0.1, 0.15) is 0 Å². The first-order valence-corrected chi connectivity index (χ1v) is 6.76. The number of fused-ring (bicyclic) bond motifs is 2. The Morgan fingerprint density at radius 1 is 0.875 bits per heavy atom. The fourth-order valence-electron chi connectivity index (χ4n) is 3.96. The van der Waals surface area contributed by atoms with E-state index in [1.54, 1.807) is 0 Å². The van der Waals surface area contributed by atoms with Gasteiger partial charge in [-0.05, 0) is 25.7 Å². The van der Waals surface area contributed by atoms with E-state index >= 15 is 0 Å². The molecule has 3 heteroatoms. The van der Waals surface area contributed by atoms with Crippen LogP contribution in [0.3, 0.4) is 0 Å². The first-order chi connectivity index (χ1) is 7.75. The van der Waals surface area contributed by atoms with Gasteiger partial charge < -0.3 is 14.6 Å². The van der Waals surface area contributed by atoms with Gasteiger partial charge in [0.15, 0.2) is 5.79 Å². The molecular formula is C13H22O3. The molecule has 3 aliphatic rings. The zero-order valence-electron chi connectivity index (χ0n) is 9.91. The third-order valence-corrected chi connectivity index (χ3v) is 4.69. The quantitative estimate of drug-likeness (QED) is 0.688. The zero-order chi connectivity index (χ0) is 11.1. The van der Waals surface area contributed by atoms with Crippen molar-refractivity contribution in [2.24, 2.45) is 5.92 Å². The van der Waals surface area contributed by atoms with E-state index in [0.717, 1.165) is 38.5 Å². The van der Waals surface area contributed by atoms with Crippen molar-refractivity contribution in [3.63, 3.8) is 0 Å². The van der Waals surface area contributed by atoms with Crippen molar-refractivity contribution in [1.29, 1.82) is 0 Å². The predicted molar refractivity (Wildman–Crippen MR) is 60.0 cm³/mol. The second-order valence-corrected chi connectivity index (χ2v) is 5.62. The Bertz CT molecular complexity index is 260. The van der Waals surface area contributed by atoms with Gasteiger partial charge in [-0.3, -0.25) is 0 Å². The van der Waals surface area contributed by atoms with Gasteiger partial charge >= 0.3 is 0 Å². The predicted octanol–water partition coefficient (Wildman–Crippen LogP) is 2.22. The van der Waals surface area contributed by atoms with Crippen molar-refractivity contribution in [3.8, 4) is 0 Å². The first-order valence-electron chi connectivity index (χ1n) is 6.76. The van der Waals surface area contributed by atoms with Crippen LogP contribution in [0.2, 0.25) is 0 Å². The highest BCUT2D eigenvalue weighted by molar-refractivity contribution is 5.01. The fourth-order valence-corrected chi connectivity index (χ4v) is 3.96. The number of ether oxygens (including phenoxy) is 2. The van der Waals surface area contributed by atoms with E-state index in [2.05, 4.69) is 0 Å². The summed E-state index contributed by atoms with van der Waals surface area (Å²) in [5.74, 6) is -0.226. The number of rotatable bonds is 0. The standard InChI is InChI=1S/C13H22O3/c14-12-6-3-1-2-5-11(12)13(8-4-7-12)15-9-10-16-13/h11,14H,1-10H2/t11-,12+/m1/s1. The maximum absolute atomic E-state index is 10.8. The molecule has 0 aromatic rings. The van der Waals surface area contributed by atoms with Gasteiger partial charge in [0.2, 0.25) is 0 Å². The summed E-state index contributed by atoms with van der Waals surface area (Å²) in [4.78, 5) is 0. The second kappa shape index (κ2) is 3.97. The molecular weight excluding hydrogens is 204 g/mol. The van der Waals surface area contributed by atoms with Crippen LogP contribution < -0.4 is 0 Å². The third-order valence-electron chi connectivity index (χ3n) is 4.69. The summed E-state index contributed by atoms with van der Waals surface area (Å²) in [6.07, 6.45) is 8.56. The smallest absolute Gasteiger partial charge is 0.174 e. The van der Waals surface area contributed by atoms with Crippen molar-refractivity contribution in [2.45, 2.75) is 62.8 Å². The highest BCUT2D eigenvalue weighted by atomic mass is 16.7. The van der Waals surface area contributed by atoms with Crippen LogP contribution in [-0.4, -0.2) is 29.7 Å². The molecule has 92 valence electrons. The lowest BCUT2D eigenvalue weighted by atomic mass is 9.69. The van der Waals surface area contributed by atoms with Gasteiger partial charge in [0, 0.05) is 12.3 Å². The molecule has 2 saturated carbocycles. The van der Waals surface area contributed by atoms with Gasteiger partial charge in [-0.25, -0.2) is 0 Å². The molecule has 1 saturated heterocycles. The van der Waals surface area contributed by atoms with E-state index in [9.17, 15) is 5.11 Å². The van der Waals surface area contributed by atoms with Crippen LogP contribution in [-0.2, 0) is 9.47 Å². The van der Waals surface area contributed by atoms with Gasteiger partial charge in [0.05, 0.1) is 18.8 Å². The summed E-state index contributed by atoms with van der Waals surface area (Å²) in [7, 11) is 0. The maximum atomic E-state index is 10.8. The lowest BCUT2D eigenvalue weighted by Gasteiger charge is -2.48. The molecule has 1 aliphatic heterocycles. The molecule has 2 aliphatic carbocycles. The van der Waals surface area contributed by atoms with Crippen molar-refractivity contribution in [2.75, 3.05) is 13.2 Å². The van der Waals surface area contributed by atoms with Gasteiger partial charge in [-0.15, -0.1) is 0 Å². The van der Waals surface area contributed by atoms with Crippen molar-refractivity contribution >= 4 is 0 Å². The van der Waals surface area contributed by atoms with Gasteiger partial charge in [-0.2, -0.15) is 0 Å². The Balaban J connectivity index is 1.89. The highest BCUT2D eigenvalue weighted by Gasteiger charge is 2.56. The number of hydrogen-bond acceptors (Lipinski definition) is 3. The van der Waals surface area contributed by atoms with Crippen LogP contribution in [0.4, 0.5) is 0 Å². The monoisotopic (exact) mass is 226 g/mol. The van der Waals surface area contributed by atoms with Crippen LogP contribution in [0.5, 0.6) is 0 Å². The average Bonchev–Trinajstić information content (AvgIpc) is 2.61. The van der Waals surface area contributed by atoms with Crippen molar-refractivity contribution in [3.05, 3.63) is 0 Å². The van der Waals surface area contributed by atoms with Crippen molar-refractivity contribution < 1.29 is 14.6 Å². The fraction of sp³-hybridized carbons (Fsp3) is 1.00. The molecule has 0 unspecified atom stereocenters. The molecule has 1 heterocycles. The number of aliphatic hydroxyl groups is 1. The molecule has 3 nitrogen and oxygen atoms in total. The Morgan fingerprint density at radius 3 is 2.44 bits per heavy atom. The molecule has 0 aromatic carbocycles. The van der Waals surface area contributed by atoms with Crippen LogP contribution in [0, 0.1) is 5.92 Å². The molecule has 3 fully saturated rings. The van der Waals surface area contributed by atoms with Crippen LogP contribution in [0.15, 0.2) is 0 Å². The van der Waals surface area contributed by atoms with Crippen LogP contribution in [0.1, 0.15) is 51.4 Å². The minimum Gasteiger partial charge on any atom is -0.389 e. The normalized spacial score (nSPS) is 42.9. The van der Waals surface area contributed by atoms with E-state index in [0.29, 0.717) is 13.2 Å². The molecule has 2 atom stereocenters. The molecule has 3 rings (SSSR count). The summed E-state index contributed by atoms with van der Waals surface area (Å²) in [6, 6.07) is 0. The van der Waals surface area contributed by atoms with Gasteiger partial charge in [-0.1, -0.05) is 19.3 Å². The molecule has 0 radical (unpaired) electrons. The average molecular weight is 226 g/mol. The highest BCUT2D eigenvalue weighted by Crippen LogP contribution is 2.51. The number of hydrogen-bond donors (Lipinski definition) is 1. The minimum atomic E-state index is -0.515. The largest absolute Gasteiger partial charge is 0.389 e. The Kier molecular flexibility index (Phi) is 2.73. The summed E-state index contributed by atoms with van der Waals surface area (Å²) in [5, 5.41) is 10.8. The minimum absolute atomic E-state index is 0.207. The SMILES string of the molecule is O[C@]12CCCCC[C@H]1C1(CCC2)OCCO1. The first kappa shape index (κ1) is 11.0. The third kappa shape index (κ3) is 1.60. The summed E-state index contributed by atoms with van der Waals surface area (Å²) in [5.41, 5.74) is -0.515. The molecule has 0 bridgehead atoms. The molecule has 16 heavy (non-hydrogen) atoms. The van der Waals surface area contributed by atoms with E-state index < -0.39 is 11.4 Å². The topological polar surface area (TPSA) is 38.7 Å². The summed E-state index contributed by atoms with van der Waals surface area (Å²) in [6.45, 7) is 1.40. The molecule has 1 spiro atoms. The van der Waals surface area contributed by atoms with Crippen LogP contribution in [0.25, 0.3) is 0 Å². The molecule has 0 amide bonds. The van der Waals surface area contributed by atoms with E-state index in [4.69, 9.17) is 9.47 Å². The van der Waals surface area contributed by atoms with E-state index in [1.807, 2.05) is 0 Å². The Labute approximate surface area is 97.1 Å². The van der Waals surface area contributed by atoms with E-state index in [1.165, 1.54) is 12.8 Å². The lowest BCUT2D eigenvalue weighted by Crippen LogP contribution is -2.55. The maximum Gasteiger partial charge on any atom is 0.174 e. The Hall–Kier alpha value is -0.120. The van der Waals surface area contributed by atoms with Gasteiger partial charge in [0.25, 0.3) is 0 Å². The second-order valence-electron chi connectivity index (χ2n) is 5.62. The Morgan fingerprint density at radius 2 is 1.62 bits per heavy atom. The molecule has 1 N–H and O–H groups in total. The molecule has 0 aromatic heterocycles. The summed E-state index contributed by atoms with van der Waals surface area (Å²) < 4.78 is 11.8. The van der Waals surface area contributed by atoms with E-state index in [-0.39, 0.29) is 5.92 Å². The van der Waals surface area contributed by atoms with Crippen LogP contribution >= 0.6 is 0 Å². The summed E-state index contributed by atoms with van der Waals surface area (Å²) >= 11 is 0. The van der Waals surface area contributed by atoms with Crippen molar-refractivity contribution in [1.82, 2.24) is 0 Å². The lowest BCUT2D eigenvalue weighted by molar-refractivity contribution is -0.263.